The zero-order valence-corrected chi connectivity index (χ0v) is 15.2. The lowest BCUT2D eigenvalue weighted by molar-refractivity contribution is -0.384. The van der Waals surface area contributed by atoms with Gasteiger partial charge < -0.3 is 15.0 Å². The third kappa shape index (κ3) is 4.92. The number of methoxy groups -OCH3 is 1. The maximum Gasteiger partial charge on any atom is 0.273 e. The zero-order chi connectivity index (χ0) is 19.3. The maximum atomic E-state index is 12.3. The van der Waals surface area contributed by atoms with Crippen LogP contribution in [0.25, 0.3) is 0 Å². The number of carbonyl (C=O) groups excluding carboxylic acids is 2. The lowest BCUT2D eigenvalue weighted by atomic mass is 10.1. The van der Waals surface area contributed by atoms with Gasteiger partial charge in [-0.25, -0.2) is 0 Å². The number of hydrogen-bond acceptors (Lipinski definition) is 6. The molecule has 1 aliphatic rings. The zero-order valence-electron chi connectivity index (χ0n) is 15.2. The first-order chi connectivity index (χ1) is 12.3. The molecule has 1 heterocycles. The van der Waals surface area contributed by atoms with E-state index in [1.807, 2.05) is 23.6 Å². The Balaban J connectivity index is 1.90. The summed E-state index contributed by atoms with van der Waals surface area (Å²) in [6, 6.07) is 4.04. The van der Waals surface area contributed by atoms with E-state index in [1.165, 1.54) is 25.3 Å². The second-order valence-electron chi connectivity index (χ2n) is 6.45. The molecule has 0 bridgehead atoms. The van der Waals surface area contributed by atoms with E-state index in [0.29, 0.717) is 31.9 Å². The van der Waals surface area contributed by atoms with Crippen molar-refractivity contribution >= 4 is 23.2 Å². The summed E-state index contributed by atoms with van der Waals surface area (Å²) in [5.74, 6) is 0.102. The van der Waals surface area contributed by atoms with Crippen molar-refractivity contribution < 1.29 is 19.2 Å². The number of non-ortho nitro benzene ring substituents is 1. The monoisotopic (exact) mass is 364 g/mol. The van der Waals surface area contributed by atoms with Crippen molar-refractivity contribution in [3.8, 4) is 5.75 Å². The van der Waals surface area contributed by atoms with Crippen molar-refractivity contribution in [1.82, 2.24) is 9.80 Å². The van der Waals surface area contributed by atoms with E-state index in [4.69, 9.17) is 4.74 Å². The van der Waals surface area contributed by atoms with Crippen LogP contribution in [0.1, 0.15) is 13.8 Å². The van der Waals surface area contributed by atoms with Crippen molar-refractivity contribution in [2.24, 2.45) is 5.92 Å². The Morgan fingerprint density at radius 3 is 2.46 bits per heavy atom. The molecule has 26 heavy (non-hydrogen) atoms. The Morgan fingerprint density at radius 2 is 1.92 bits per heavy atom. The summed E-state index contributed by atoms with van der Waals surface area (Å²) in [6.07, 6.45) is 0. The highest BCUT2D eigenvalue weighted by atomic mass is 16.6. The van der Waals surface area contributed by atoms with E-state index >= 15 is 0 Å². The predicted molar refractivity (Wildman–Crippen MR) is 96.1 cm³/mol. The van der Waals surface area contributed by atoms with Crippen LogP contribution >= 0.6 is 0 Å². The van der Waals surface area contributed by atoms with E-state index in [1.54, 1.807) is 0 Å². The molecule has 0 aromatic heterocycles. The van der Waals surface area contributed by atoms with E-state index in [0.717, 1.165) is 0 Å². The first-order valence-corrected chi connectivity index (χ1v) is 8.45. The summed E-state index contributed by atoms with van der Waals surface area (Å²) < 4.78 is 5.11. The summed E-state index contributed by atoms with van der Waals surface area (Å²) in [5, 5.41) is 13.5. The van der Waals surface area contributed by atoms with Crippen LogP contribution in [0.15, 0.2) is 18.2 Å². The minimum Gasteiger partial charge on any atom is -0.494 e. The van der Waals surface area contributed by atoms with Gasteiger partial charge in [0.1, 0.15) is 5.75 Å². The van der Waals surface area contributed by atoms with Gasteiger partial charge in [-0.3, -0.25) is 24.6 Å². The molecular formula is C17H24N4O5. The van der Waals surface area contributed by atoms with Crippen LogP contribution in [0.2, 0.25) is 0 Å². The number of ether oxygens (including phenoxy) is 1. The molecule has 0 unspecified atom stereocenters. The first-order valence-electron chi connectivity index (χ1n) is 8.45. The molecule has 1 saturated heterocycles. The van der Waals surface area contributed by atoms with Crippen molar-refractivity contribution in [1.29, 1.82) is 0 Å². The van der Waals surface area contributed by atoms with Crippen LogP contribution in [0.4, 0.5) is 11.4 Å². The second kappa shape index (κ2) is 8.61. The summed E-state index contributed by atoms with van der Waals surface area (Å²) in [6.45, 7) is 6.40. The Labute approximate surface area is 152 Å². The topological polar surface area (TPSA) is 105 Å². The number of amides is 2. The molecule has 1 N–H and O–H groups in total. The van der Waals surface area contributed by atoms with Crippen LogP contribution in [0, 0.1) is 16.0 Å². The van der Waals surface area contributed by atoms with Gasteiger partial charge in [-0.05, 0) is 6.07 Å². The highest BCUT2D eigenvalue weighted by molar-refractivity contribution is 5.94. The van der Waals surface area contributed by atoms with Crippen LogP contribution in [-0.2, 0) is 9.59 Å². The minimum absolute atomic E-state index is 0.0283. The lowest BCUT2D eigenvalue weighted by Gasteiger charge is -2.35. The van der Waals surface area contributed by atoms with Gasteiger partial charge in [-0.1, -0.05) is 13.8 Å². The number of carbonyl (C=O) groups is 2. The molecule has 2 rings (SSSR count). The number of nitrogens with one attached hydrogen (secondary N) is 1. The van der Waals surface area contributed by atoms with Gasteiger partial charge in [-0.15, -0.1) is 0 Å². The SMILES string of the molecule is COc1cc([N+](=O)[O-])ccc1NC(=O)CN1CCN(C(=O)C(C)C)CC1. The second-order valence-corrected chi connectivity index (χ2v) is 6.45. The molecule has 1 aromatic rings. The standard InChI is InChI=1S/C17H24N4O5/c1-12(2)17(23)20-8-6-19(7-9-20)11-16(22)18-14-5-4-13(21(24)25)10-15(14)26-3/h4-5,10,12H,6-9,11H2,1-3H3,(H,18,22). The molecule has 9 nitrogen and oxygen atoms in total. The van der Waals surface area contributed by atoms with Gasteiger partial charge in [0.2, 0.25) is 11.8 Å². The minimum atomic E-state index is -0.522. The van der Waals surface area contributed by atoms with Crippen LogP contribution in [0.3, 0.4) is 0 Å². The average Bonchev–Trinajstić information content (AvgIpc) is 2.61. The lowest BCUT2D eigenvalue weighted by Crippen LogP contribution is -2.51. The molecule has 0 aliphatic carbocycles. The highest BCUT2D eigenvalue weighted by Crippen LogP contribution is 2.28. The summed E-state index contributed by atoms with van der Waals surface area (Å²) in [7, 11) is 1.39. The van der Waals surface area contributed by atoms with Crippen molar-refractivity contribution in [3.05, 3.63) is 28.3 Å². The van der Waals surface area contributed by atoms with E-state index < -0.39 is 4.92 Å². The fraction of sp³-hybridized carbons (Fsp3) is 0.529. The largest absolute Gasteiger partial charge is 0.494 e. The number of nitrogens with zero attached hydrogens (tertiary/aromatic N) is 3. The fourth-order valence-corrected chi connectivity index (χ4v) is 2.78. The molecule has 142 valence electrons. The number of nitro groups is 1. The predicted octanol–water partition coefficient (Wildman–Crippen LogP) is 1.34. The molecule has 2 amide bonds. The molecule has 0 saturated carbocycles. The molecule has 0 atom stereocenters. The van der Waals surface area contributed by atoms with Crippen molar-refractivity contribution in [2.45, 2.75) is 13.8 Å². The van der Waals surface area contributed by atoms with Crippen LogP contribution in [-0.4, -0.2) is 66.4 Å². The van der Waals surface area contributed by atoms with Gasteiger partial charge in [-0.2, -0.15) is 0 Å². The van der Waals surface area contributed by atoms with E-state index in [-0.39, 0.29) is 35.7 Å². The Hall–Kier alpha value is -2.68. The van der Waals surface area contributed by atoms with Gasteiger partial charge >= 0.3 is 0 Å². The third-order valence-electron chi connectivity index (χ3n) is 4.22. The number of piperazine rings is 1. The molecule has 1 fully saturated rings. The van der Waals surface area contributed by atoms with Gasteiger partial charge in [0.15, 0.2) is 0 Å². The smallest absolute Gasteiger partial charge is 0.273 e. The van der Waals surface area contributed by atoms with E-state index in [2.05, 4.69) is 5.32 Å². The fourth-order valence-electron chi connectivity index (χ4n) is 2.78. The Morgan fingerprint density at radius 1 is 1.27 bits per heavy atom. The van der Waals surface area contributed by atoms with Gasteiger partial charge in [0.05, 0.1) is 30.3 Å². The third-order valence-corrected chi connectivity index (χ3v) is 4.22. The first kappa shape index (κ1) is 19.6. The number of rotatable bonds is 6. The molecular weight excluding hydrogens is 340 g/mol. The molecule has 1 aliphatic heterocycles. The summed E-state index contributed by atoms with van der Waals surface area (Å²) in [4.78, 5) is 38.3. The Kier molecular flexibility index (Phi) is 6.51. The van der Waals surface area contributed by atoms with Crippen molar-refractivity contribution in [2.75, 3.05) is 45.2 Å². The van der Waals surface area contributed by atoms with Gasteiger partial charge in [0.25, 0.3) is 5.69 Å². The number of anilines is 1. The highest BCUT2D eigenvalue weighted by Gasteiger charge is 2.24. The van der Waals surface area contributed by atoms with Crippen molar-refractivity contribution in [3.63, 3.8) is 0 Å². The molecule has 0 radical (unpaired) electrons. The Bertz CT molecular complexity index is 684. The molecule has 9 heteroatoms. The molecule has 1 aromatic carbocycles. The average molecular weight is 364 g/mol. The normalized spacial score (nSPS) is 15.0. The quantitative estimate of drug-likeness (QED) is 0.603. The summed E-state index contributed by atoms with van der Waals surface area (Å²) in [5.41, 5.74) is 0.280. The maximum absolute atomic E-state index is 12.3. The van der Waals surface area contributed by atoms with Gasteiger partial charge in [0, 0.05) is 38.2 Å². The molecule has 0 spiro atoms. The summed E-state index contributed by atoms with van der Waals surface area (Å²) >= 11 is 0. The number of benzene rings is 1. The number of hydrogen-bond donors (Lipinski definition) is 1. The van der Waals surface area contributed by atoms with Crippen LogP contribution < -0.4 is 10.1 Å². The van der Waals surface area contributed by atoms with E-state index in [9.17, 15) is 19.7 Å². The van der Waals surface area contributed by atoms with Crippen LogP contribution in [0.5, 0.6) is 5.75 Å². The number of nitro benzene ring substituents is 1.